The molecule has 0 aromatic carbocycles. The summed E-state index contributed by atoms with van der Waals surface area (Å²) < 4.78 is 38.8. The molecule has 0 bridgehead atoms. The van der Waals surface area contributed by atoms with Crippen molar-refractivity contribution in [3.05, 3.63) is 24.2 Å². The zero-order chi connectivity index (χ0) is 16.7. The van der Waals surface area contributed by atoms with Gasteiger partial charge in [-0.3, -0.25) is 4.90 Å². The van der Waals surface area contributed by atoms with E-state index in [-0.39, 0.29) is 17.4 Å². The fourth-order valence-electron chi connectivity index (χ4n) is 4.07. The lowest BCUT2D eigenvalue weighted by atomic mass is 9.86. The maximum Gasteiger partial charge on any atom is 0.217 e. The second kappa shape index (κ2) is 6.44. The third-order valence-corrected chi connectivity index (χ3v) is 7.89. The van der Waals surface area contributed by atoms with E-state index in [4.69, 9.17) is 9.15 Å². The molecule has 3 aliphatic rings. The van der Waals surface area contributed by atoms with Gasteiger partial charge in [-0.15, -0.1) is 0 Å². The van der Waals surface area contributed by atoms with Crippen LogP contribution in [0.15, 0.2) is 22.8 Å². The van der Waals surface area contributed by atoms with Crippen molar-refractivity contribution >= 4 is 10.0 Å². The van der Waals surface area contributed by atoms with Crippen LogP contribution in [0.1, 0.15) is 31.4 Å². The van der Waals surface area contributed by atoms with Gasteiger partial charge in [-0.25, -0.2) is 8.42 Å². The van der Waals surface area contributed by atoms with Crippen molar-refractivity contribution in [3.8, 4) is 0 Å². The first kappa shape index (κ1) is 16.6. The quantitative estimate of drug-likeness (QED) is 0.805. The van der Waals surface area contributed by atoms with Crippen LogP contribution in [0.4, 0.5) is 0 Å². The molecular formula is C17H26N2O4S. The van der Waals surface area contributed by atoms with Gasteiger partial charge in [0.2, 0.25) is 10.0 Å². The van der Waals surface area contributed by atoms with Gasteiger partial charge in [0, 0.05) is 25.6 Å². The second-order valence-corrected chi connectivity index (χ2v) is 9.57. The topological polar surface area (TPSA) is 63.0 Å². The standard InChI is InChI=1S/C17H26N2O4S/c1-18(11-14-5-3-8-22-14)16-12-19(24(20,21)15-6-7-15)10-13-4-2-9-23-17(13)16/h3,5,8,13,15-17H,2,4,6-7,9-12H2,1H3/t13-,16+,17-/m0/s1. The van der Waals surface area contributed by atoms with E-state index in [0.717, 1.165) is 38.1 Å². The van der Waals surface area contributed by atoms with Crippen LogP contribution >= 0.6 is 0 Å². The van der Waals surface area contributed by atoms with Crippen LogP contribution in [-0.2, 0) is 21.3 Å². The summed E-state index contributed by atoms with van der Waals surface area (Å²) in [4.78, 5) is 2.19. The number of rotatable bonds is 5. The molecule has 1 aromatic rings. The summed E-state index contributed by atoms with van der Waals surface area (Å²) in [7, 11) is -1.10. The van der Waals surface area contributed by atoms with E-state index in [2.05, 4.69) is 4.90 Å². The molecule has 6 nitrogen and oxygen atoms in total. The predicted molar refractivity (Wildman–Crippen MR) is 89.9 cm³/mol. The minimum atomic E-state index is -3.14. The van der Waals surface area contributed by atoms with Gasteiger partial charge in [0.25, 0.3) is 0 Å². The smallest absolute Gasteiger partial charge is 0.217 e. The number of ether oxygens (including phenoxy) is 1. The fourth-order valence-corrected chi connectivity index (χ4v) is 5.99. The molecule has 0 N–H and O–H groups in total. The van der Waals surface area contributed by atoms with Crippen molar-refractivity contribution in [2.24, 2.45) is 5.92 Å². The van der Waals surface area contributed by atoms with Gasteiger partial charge < -0.3 is 9.15 Å². The summed E-state index contributed by atoms with van der Waals surface area (Å²) in [6.45, 7) is 2.59. The van der Waals surface area contributed by atoms with Gasteiger partial charge in [0.15, 0.2) is 0 Å². The molecule has 2 saturated heterocycles. The highest BCUT2D eigenvalue weighted by molar-refractivity contribution is 7.90. The fraction of sp³-hybridized carbons (Fsp3) is 0.765. The number of furan rings is 1. The Morgan fingerprint density at radius 2 is 2.12 bits per heavy atom. The van der Waals surface area contributed by atoms with E-state index >= 15 is 0 Å². The number of piperidine rings is 1. The predicted octanol–water partition coefficient (Wildman–Crippen LogP) is 1.68. The zero-order valence-electron chi connectivity index (χ0n) is 14.1. The van der Waals surface area contributed by atoms with Gasteiger partial charge in [0.05, 0.1) is 30.2 Å². The monoisotopic (exact) mass is 354 g/mol. The first-order valence-corrected chi connectivity index (χ1v) is 10.4. The van der Waals surface area contributed by atoms with E-state index in [1.807, 2.05) is 19.2 Å². The molecule has 0 radical (unpaired) electrons. The Balaban J connectivity index is 1.54. The molecule has 0 amide bonds. The molecule has 2 aliphatic heterocycles. The van der Waals surface area contributed by atoms with Crippen LogP contribution in [-0.4, -0.2) is 61.8 Å². The molecule has 0 spiro atoms. The Hall–Kier alpha value is -0.890. The van der Waals surface area contributed by atoms with Crippen LogP contribution < -0.4 is 0 Å². The van der Waals surface area contributed by atoms with Crippen LogP contribution in [0.3, 0.4) is 0 Å². The van der Waals surface area contributed by atoms with Crippen molar-refractivity contribution in [3.63, 3.8) is 0 Å². The minimum Gasteiger partial charge on any atom is -0.468 e. The first-order valence-electron chi connectivity index (χ1n) is 8.89. The molecule has 24 heavy (non-hydrogen) atoms. The molecule has 1 aromatic heterocycles. The first-order chi connectivity index (χ1) is 11.6. The minimum absolute atomic E-state index is 0.0719. The van der Waals surface area contributed by atoms with Gasteiger partial charge in [0.1, 0.15) is 5.76 Å². The van der Waals surface area contributed by atoms with E-state index in [9.17, 15) is 8.42 Å². The number of hydrogen-bond acceptors (Lipinski definition) is 5. The van der Waals surface area contributed by atoms with Gasteiger partial charge in [-0.2, -0.15) is 4.31 Å². The SMILES string of the molecule is CN(Cc1ccco1)[C@@H]1CN(S(=O)(=O)C2CC2)C[C@@H]2CCCO[C@@H]21. The number of nitrogens with zero attached hydrogens (tertiary/aromatic N) is 2. The molecule has 3 atom stereocenters. The van der Waals surface area contributed by atoms with Crippen LogP contribution in [0.5, 0.6) is 0 Å². The van der Waals surface area contributed by atoms with Gasteiger partial charge >= 0.3 is 0 Å². The Morgan fingerprint density at radius 1 is 1.29 bits per heavy atom. The lowest BCUT2D eigenvalue weighted by molar-refractivity contribution is -0.0997. The van der Waals surface area contributed by atoms with E-state index in [1.54, 1.807) is 10.6 Å². The average molecular weight is 354 g/mol. The Labute approximate surface area is 143 Å². The van der Waals surface area contributed by atoms with E-state index < -0.39 is 10.0 Å². The largest absolute Gasteiger partial charge is 0.468 e. The molecule has 4 rings (SSSR count). The number of likely N-dealkylation sites (N-methyl/N-ethyl adjacent to an activating group) is 1. The maximum absolute atomic E-state index is 12.8. The van der Waals surface area contributed by atoms with E-state index in [1.165, 1.54) is 0 Å². The highest BCUT2D eigenvalue weighted by Crippen LogP contribution is 2.37. The Morgan fingerprint density at radius 3 is 2.83 bits per heavy atom. The maximum atomic E-state index is 12.8. The molecule has 3 heterocycles. The number of sulfonamides is 1. The molecular weight excluding hydrogens is 328 g/mol. The molecule has 7 heteroatoms. The summed E-state index contributed by atoms with van der Waals surface area (Å²) >= 11 is 0. The molecule has 1 saturated carbocycles. The van der Waals surface area contributed by atoms with Crippen molar-refractivity contribution in [2.45, 2.75) is 49.6 Å². The van der Waals surface area contributed by atoms with Crippen LogP contribution in [0.2, 0.25) is 0 Å². The highest BCUT2D eigenvalue weighted by Gasteiger charge is 2.48. The summed E-state index contributed by atoms with van der Waals surface area (Å²) in [6, 6.07) is 3.91. The lowest BCUT2D eigenvalue weighted by Crippen LogP contribution is -2.61. The average Bonchev–Trinajstić information content (AvgIpc) is 3.33. The summed E-state index contributed by atoms with van der Waals surface area (Å²) in [5, 5.41) is -0.144. The zero-order valence-corrected chi connectivity index (χ0v) is 15.0. The van der Waals surface area contributed by atoms with Gasteiger partial charge in [-0.1, -0.05) is 0 Å². The number of hydrogen-bond donors (Lipinski definition) is 0. The van der Waals surface area contributed by atoms with Gasteiger partial charge in [-0.05, 0) is 44.9 Å². The Bertz CT molecular complexity index is 656. The third kappa shape index (κ3) is 3.14. The van der Waals surface area contributed by atoms with Crippen molar-refractivity contribution in [2.75, 3.05) is 26.7 Å². The van der Waals surface area contributed by atoms with Crippen molar-refractivity contribution in [1.82, 2.24) is 9.21 Å². The van der Waals surface area contributed by atoms with E-state index in [0.29, 0.717) is 25.6 Å². The molecule has 3 fully saturated rings. The summed E-state index contributed by atoms with van der Waals surface area (Å²) in [5.41, 5.74) is 0. The van der Waals surface area contributed by atoms with Crippen LogP contribution in [0.25, 0.3) is 0 Å². The molecule has 0 unspecified atom stereocenters. The number of fused-ring (bicyclic) bond motifs is 1. The second-order valence-electron chi connectivity index (χ2n) is 7.36. The lowest BCUT2D eigenvalue weighted by Gasteiger charge is -2.48. The summed E-state index contributed by atoms with van der Waals surface area (Å²) in [5.74, 6) is 1.19. The summed E-state index contributed by atoms with van der Waals surface area (Å²) in [6.07, 6.45) is 5.49. The molecule has 1 aliphatic carbocycles. The molecule has 134 valence electrons. The normalized spacial score (nSPS) is 32.0. The highest BCUT2D eigenvalue weighted by atomic mass is 32.2. The van der Waals surface area contributed by atoms with Crippen molar-refractivity contribution < 1.29 is 17.6 Å². The van der Waals surface area contributed by atoms with Crippen molar-refractivity contribution in [1.29, 1.82) is 0 Å². The third-order valence-electron chi connectivity index (χ3n) is 5.56. The Kier molecular flexibility index (Phi) is 4.45. The van der Waals surface area contributed by atoms with Crippen LogP contribution in [0, 0.1) is 5.92 Å².